The molecule has 1 saturated carbocycles. The molecule has 3 aliphatic heterocycles. The minimum Gasteiger partial charge on any atom is -0.334 e. The summed E-state index contributed by atoms with van der Waals surface area (Å²) in [5.74, 6) is 0. The molecule has 0 radical (unpaired) electrons. The average Bonchev–Trinajstić information content (AvgIpc) is 3.52. The maximum atomic E-state index is 2.79. The van der Waals surface area contributed by atoms with Crippen molar-refractivity contribution < 1.29 is 0 Å². The molecule has 0 spiro atoms. The van der Waals surface area contributed by atoms with Crippen LogP contribution < -0.4 is 31.1 Å². The van der Waals surface area contributed by atoms with Gasteiger partial charge in [-0.3, -0.25) is 0 Å². The van der Waals surface area contributed by atoms with E-state index in [0.29, 0.717) is 0 Å². The Hall–Kier alpha value is -6.00. The maximum absolute atomic E-state index is 2.79. The van der Waals surface area contributed by atoms with Gasteiger partial charge in [-0.1, -0.05) is 170 Å². The van der Waals surface area contributed by atoms with E-state index >= 15 is 0 Å². The largest absolute Gasteiger partial charge is 0.334 e. The van der Waals surface area contributed by atoms with Crippen LogP contribution in [-0.4, -0.2) is 12.3 Å². The fraction of sp³-hybridized carbons (Fsp3) is 0.408. The third-order valence-electron chi connectivity index (χ3n) is 18.7. The Morgan fingerprint density at radius 1 is 0.427 bits per heavy atom. The minimum atomic E-state index is -0.0861. The SMILES string of the molecule is Cc1cc2c3c(c1)N(c1c(C)cc(C(C)(C)C)cc1C)c1ccc(-c4c(C)cc(C(C)(C)C)cc4C)cc1B3c1ccc(N3c4ccc(C(C)(C)C)cc4C4(C)CCCCC34C)cc1N2c1ccc(C(C)(C)C)cc1. The average molecular weight is 990 g/mol. The molecular weight excluding hydrogens is 906 g/mol. The van der Waals surface area contributed by atoms with Crippen molar-refractivity contribution in [2.75, 3.05) is 14.7 Å². The van der Waals surface area contributed by atoms with Gasteiger partial charge in [-0.2, -0.15) is 0 Å². The van der Waals surface area contributed by atoms with Gasteiger partial charge < -0.3 is 14.7 Å². The molecule has 386 valence electrons. The van der Waals surface area contributed by atoms with Crippen LogP contribution in [0.3, 0.4) is 0 Å². The van der Waals surface area contributed by atoms with Crippen LogP contribution >= 0.6 is 0 Å². The fourth-order valence-electron chi connectivity index (χ4n) is 14.2. The lowest BCUT2D eigenvalue weighted by Crippen LogP contribution is -2.61. The Balaban J connectivity index is 1.21. The molecule has 2 atom stereocenters. The first-order valence-corrected chi connectivity index (χ1v) is 28.3. The lowest BCUT2D eigenvalue weighted by Gasteiger charge is -2.50. The van der Waals surface area contributed by atoms with Crippen molar-refractivity contribution in [3.05, 3.63) is 171 Å². The van der Waals surface area contributed by atoms with Gasteiger partial charge in [0, 0.05) is 45.2 Å². The molecule has 0 N–H and O–H groups in total. The number of fused-ring (bicyclic) bond motifs is 7. The van der Waals surface area contributed by atoms with Crippen molar-refractivity contribution >= 4 is 68.6 Å². The van der Waals surface area contributed by atoms with Gasteiger partial charge in [-0.15, -0.1) is 0 Å². The van der Waals surface area contributed by atoms with Gasteiger partial charge in [-0.25, -0.2) is 0 Å². The highest BCUT2D eigenvalue weighted by molar-refractivity contribution is 7.00. The molecule has 7 aromatic rings. The van der Waals surface area contributed by atoms with Crippen molar-refractivity contribution in [1.29, 1.82) is 0 Å². The summed E-state index contributed by atoms with van der Waals surface area (Å²) >= 11 is 0. The fourth-order valence-corrected chi connectivity index (χ4v) is 14.2. The van der Waals surface area contributed by atoms with Gasteiger partial charge in [0.15, 0.2) is 0 Å². The molecule has 11 rings (SSSR count). The number of benzene rings is 7. The zero-order chi connectivity index (χ0) is 53.9. The standard InChI is InChI=1S/C71H84BN3/c1-43-34-61-64-62(35-43)74(65-46(4)38-52(39-47(65)5)69(15,16)17)59-30-22-48(63-44(2)36-51(37-45(63)3)68(12,13)14)40-57(59)72(64)56-29-28-54(42-60(56)73(61)53-26-23-49(24-27-53)66(6,7)8)75-58-31-25-50(67(9,10)11)41-55(58)70(18)32-20-21-33-71(70,75)19/h22-31,34-42H,20-21,32-33H2,1-19H3. The zero-order valence-corrected chi connectivity index (χ0v) is 49.2. The summed E-state index contributed by atoms with van der Waals surface area (Å²) in [6, 6.07) is 46.9. The molecule has 2 unspecified atom stereocenters. The summed E-state index contributed by atoms with van der Waals surface area (Å²) in [7, 11) is 0. The van der Waals surface area contributed by atoms with Gasteiger partial charge in [0.1, 0.15) is 0 Å². The molecule has 7 aromatic carbocycles. The minimum absolute atomic E-state index is 0.0176. The van der Waals surface area contributed by atoms with Crippen molar-refractivity contribution in [3.8, 4) is 11.1 Å². The summed E-state index contributed by atoms with van der Waals surface area (Å²) < 4.78 is 0. The predicted molar refractivity (Wildman–Crippen MR) is 327 cm³/mol. The van der Waals surface area contributed by atoms with E-state index < -0.39 is 0 Å². The number of hydrogen-bond acceptors (Lipinski definition) is 3. The van der Waals surface area contributed by atoms with Crippen LogP contribution in [-0.2, 0) is 27.1 Å². The van der Waals surface area contributed by atoms with E-state index in [2.05, 4.69) is 262 Å². The second kappa shape index (κ2) is 17.0. The van der Waals surface area contributed by atoms with Gasteiger partial charge >= 0.3 is 0 Å². The van der Waals surface area contributed by atoms with E-state index in [1.165, 1.54) is 148 Å². The quantitative estimate of drug-likeness (QED) is 0.163. The molecule has 1 fully saturated rings. The van der Waals surface area contributed by atoms with E-state index in [4.69, 9.17) is 0 Å². The molecule has 0 bridgehead atoms. The van der Waals surface area contributed by atoms with Gasteiger partial charge in [0.05, 0.1) is 11.2 Å². The van der Waals surface area contributed by atoms with E-state index in [9.17, 15) is 0 Å². The number of aryl methyl sites for hydroxylation is 5. The zero-order valence-electron chi connectivity index (χ0n) is 49.2. The molecule has 3 nitrogen and oxygen atoms in total. The third-order valence-corrected chi connectivity index (χ3v) is 18.7. The number of hydrogen-bond donors (Lipinski definition) is 0. The lowest BCUT2D eigenvalue weighted by atomic mass is 9.33. The lowest BCUT2D eigenvalue weighted by molar-refractivity contribution is 0.195. The Morgan fingerprint density at radius 3 is 1.53 bits per heavy atom. The first-order chi connectivity index (χ1) is 35.0. The van der Waals surface area contributed by atoms with Gasteiger partial charge in [0.25, 0.3) is 6.71 Å². The smallest absolute Gasteiger partial charge is 0.252 e. The Kier molecular flexibility index (Phi) is 11.6. The molecule has 0 aromatic heterocycles. The monoisotopic (exact) mass is 990 g/mol. The molecular formula is C71H84BN3. The Labute approximate surface area is 452 Å². The van der Waals surface area contributed by atoms with Crippen LogP contribution in [0.2, 0.25) is 0 Å². The summed E-state index contributed by atoms with van der Waals surface area (Å²) in [5, 5.41) is 0. The van der Waals surface area contributed by atoms with E-state index in [-0.39, 0.29) is 39.3 Å². The van der Waals surface area contributed by atoms with Crippen LogP contribution in [0.15, 0.2) is 115 Å². The van der Waals surface area contributed by atoms with E-state index in [0.717, 1.165) is 6.42 Å². The highest BCUT2D eigenvalue weighted by atomic mass is 15.3. The summed E-state index contributed by atoms with van der Waals surface area (Å²) in [4.78, 5) is 8.09. The van der Waals surface area contributed by atoms with E-state index in [1.54, 1.807) is 0 Å². The highest BCUT2D eigenvalue weighted by Gasteiger charge is 2.58. The molecule has 75 heavy (non-hydrogen) atoms. The predicted octanol–water partition coefficient (Wildman–Crippen LogP) is 17.9. The first-order valence-electron chi connectivity index (χ1n) is 28.3. The Bertz CT molecular complexity index is 3430. The second-order valence-corrected chi connectivity index (χ2v) is 28.2. The molecule has 3 heterocycles. The topological polar surface area (TPSA) is 9.72 Å². The summed E-state index contributed by atoms with van der Waals surface area (Å²) in [6.07, 6.45) is 4.85. The van der Waals surface area contributed by atoms with Crippen molar-refractivity contribution in [2.24, 2.45) is 0 Å². The molecule has 0 saturated heterocycles. The highest BCUT2D eigenvalue weighted by Crippen LogP contribution is 2.62. The van der Waals surface area contributed by atoms with Crippen LogP contribution in [0, 0.1) is 34.6 Å². The summed E-state index contributed by atoms with van der Waals surface area (Å²) in [6.45, 7) is 44.8. The van der Waals surface area contributed by atoms with Gasteiger partial charge in [0.2, 0.25) is 0 Å². The molecule has 4 heteroatoms. The first kappa shape index (κ1) is 51.1. The Morgan fingerprint density at radius 2 is 0.947 bits per heavy atom. The third kappa shape index (κ3) is 7.95. The molecule has 1 aliphatic carbocycles. The number of rotatable bonds is 4. The van der Waals surface area contributed by atoms with Crippen molar-refractivity contribution in [2.45, 2.75) is 190 Å². The van der Waals surface area contributed by atoms with Crippen molar-refractivity contribution in [3.63, 3.8) is 0 Å². The van der Waals surface area contributed by atoms with Crippen LogP contribution in [0.5, 0.6) is 0 Å². The summed E-state index contributed by atoms with van der Waals surface area (Å²) in [5.41, 5.74) is 30.5. The molecule has 0 amide bonds. The number of anilines is 8. The van der Waals surface area contributed by atoms with Gasteiger partial charge in [-0.05, 0) is 208 Å². The van der Waals surface area contributed by atoms with E-state index in [1.807, 2.05) is 0 Å². The number of nitrogens with zero attached hydrogens (tertiary/aromatic N) is 3. The van der Waals surface area contributed by atoms with Crippen molar-refractivity contribution in [1.82, 2.24) is 0 Å². The normalized spacial score (nSPS) is 19.2. The van der Waals surface area contributed by atoms with Crippen LogP contribution in [0.25, 0.3) is 11.1 Å². The maximum Gasteiger partial charge on any atom is 0.252 e. The van der Waals surface area contributed by atoms with Crippen LogP contribution in [0.4, 0.5) is 45.5 Å². The molecule has 4 aliphatic rings. The second-order valence-electron chi connectivity index (χ2n) is 28.2. The van der Waals surface area contributed by atoms with Crippen LogP contribution in [0.1, 0.15) is 178 Å².